The maximum atomic E-state index is 11.6. The highest BCUT2D eigenvalue weighted by Gasteiger charge is 2.46. The Balaban J connectivity index is 0. The Labute approximate surface area is 96.0 Å². The second kappa shape index (κ2) is 7.67. The molecule has 0 nitrogen and oxygen atoms in total. The van der Waals surface area contributed by atoms with Crippen LogP contribution in [-0.4, -0.2) is 37.5 Å². The SMILES string of the molecule is CC(F)C(F)(F)C(F)F.FCCC(F)(F)C(F)F. The summed E-state index contributed by atoms with van der Waals surface area (Å²) in [6, 6.07) is 0. The van der Waals surface area contributed by atoms with Crippen LogP contribution in [0.4, 0.5) is 43.9 Å². The molecule has 0 aliphatic carbocycles. The third kappa shape index (κ3) is 6.90. The quantitative estimate of drug-likeness (QED) is 0.656. The maximum Gasteiger partial charge on any atom is 0.337 e. The molecule has 0 aromatic heterocycles. The molecule has 0 saturated heterocycles. The van der Waals surface area contributed by atoms with Crippen molar-refractivity contribution >= 4 is 0 Å². The Morgan fingerprint density at radius 2 is 1.22 bits per heavy atom. The third-order valence-electron chi connectivity index (χ3n) is 1.57. The predicted octanol–water partition coefficient (Wildman–Crippen LogP) is 4.49. The average molecular weight is 296 g/mol. The molecule has 0 N–H and O–H groups in total. The van der Waals surface area contributed by atoms with E-state index in [-0.39, 0.29) is 0 Å². The Morgan fingerprint density at radius 3 is 1.28 bits per heavy atom. The molecule has 18 heavy (non-hydrogen) atoms. The van der Waals surface area contributed by atoms with Crippen LogP contribution in [0.3, 0.4) is 0 Å². The van der Waals surface area contributed by atoms with Crippen LogP contribution < -0.4 is 0 Å². The Kier molecular flexibility index (Phi) is 8.37. The van der Waals surface area contributed by atoms with E-state index in [2.05, 4.69) is 0 Å². The third-order valence-corrected chi connectivity index (χ3v) is 1.57. The molecule has 1 atom stereocenters. The molecular formula is C8H10F10. The van der Waals surface area contributed by atoms with Crippen molar-refractivity contribution in [1.29, 1.82) is 0 Å². The first-order chi connectivity index (χ1) is 7.89. The first-order valence-electron chi connectivity index (χ1n) is 4.41. The van der Waals surface area contributed by atoms with E-state index in [1.807, 2.05) is 0 Å². The van der Waals surface area contributed by atoms with Crippen molar-refractivity contribution < 1.29 is 43.9 Å². The van der Waals surface area contributed by atoms with E-state index in [4.69, 9.17) is 0 Å². The molecule has 0 saturated carbocycles. The van der Waals surface area contributed by atoms with Gasteiger partial charge in [-0.05, 0) is 6.92 Å². The molecule has 0 amide bonds. The Bertz CT molecular complexity index is 202. The summed E-state index contributed by atoms with van der Waals surface area (Å²) in [6.07, 6.45) is -11.9. The number of halogens is 10. The van der Waals surface area contributed by atoms with Crippen molar-refractivity contribution in [3.8, 4) is 0 Å². The van der Waals surface area contributed by atoms with Gasteiger partial charge in [0.05, 0.1) is 6.67 Å². The molecule has 112 valence electrons. The lowest BCUT2D eigenvalue weighted by Gasteiger charge is -2.15. The van der Waals surface area contributed by atoms with E-state index in [0.717, 1.165) is 0 Å². The standard InChI is InChI=1S/2C4H5F5/c1-2(5)4(8,9)3(6)7;5-2-1-4(8,9)3(6)7/h2-3H,1H3;3H,1-2H2. The Morgan fingerprint density at radius 1 is 0.833 bits per heavy atom. The number of rotatable bonds is 5. The highest BCUT2D eigenvalue weighted by molar-refractivity contribution is 4.75. The van der Waals surface area contributed by atoms with Crippen molar-refractivity contribution in [2.75, 3.05) is 6.67 Å². The summed E-state index contributed by atoms with van der Waals surface area (Å²) in [4.78, 5) is 0. The second-order valence-corrected chi connectivity index (χ2v) is 3.09. The van der Waals surface area contributed by atoms with Gasteiger partial charge in [0.1, 0.15) is 0 Å². The predicted molar refractivity (Wildman–Crippen MR) is 43.1 cm³/mol. The normalized spacial score (nSPS) is 14.5. The van der Waals surface area contributed by atoms with Gasteiger partial charge < -0.3 is 0 Å². The van der Waals surface area contributed by atoms with Crippen molar-refractivity contribution in [3.05, 3.63) is 0 Å². The minimum absolute atomic E-state index is 0.395. The van der Waals surface area contributed by atoms with Gasteiger partial charge in [-0.15, -0.1) is 0 Å². The average Bonchev–Trinajstić information content (AvgIpc) is 2.17. The lowest BCUT2D eigenvalue weighted by Crippen LogP contribution is -2.35. The van der Waals surface area contributed by atoms with Crippen molar-refractivity contribution in [2.45, 2.75) is 44.2 Å². The molecule has 0 fully saturated rings. The van der Waals surface area contributed by atoms with Crippen LogP contribution >= 0.6 is 0 Å². The van der Waals surface area contributed by atoms with E-state index in [1.54, 1.807) is 0 Å². The second-order valence-electron chi connectivity index (χ2n) is 3.09. The molecule has 0 radical (unpaired) electrons. The summed E-state index contributed by atoms with van der Waals surface area (Å²) < 4.78 is 113. The molecule has 0 heterocycles. The van der Waals surface area contributed by atoms with Crippen LogP contribution in [0.1, 0.15) is 13.3 Å². The van der Waals surface area contributed by atoms with Gasteiger partial charge in [0.15, 0.2) is 6.17 Å². The molecule has 0 aliphatic heterocycles. The van der Waals surface area contributed by atoms with E-state index in [1.165, 1.54) is 0 Å². The number of hydrogen-bond acceptors (Lipinski definition) is 0. The maximum absolute atomic E-state index is 11.6. The monoisotopic (exact) mass is 296 g/mol. The summed E-state index contributed by atoms with van der Waals surface area (Å²) >= 11 is 0. The van der Waals surface area contributed by atoms with Gasteiger partial charge in [-0.1, -0.05) is 0 Å². The molecule has 0 spiro atoms. The van der Waals surface area contributed by atoms with Gasteiger partial charge in [-0.25, -0.2) is 30.7 Å². The first-order valence-corrected chi connectivity index (χ1v) is 4.41. The van der Waals surface area contributed by atoms with E-state index < -0.39 is 44.0 Å². The minimum Gasteiger partial charge on any atom is -0.251 e. The molecule has 10 heteroatoms. The zero-order valence-electron chi connectivity index (χ0n) is 8.93. The zero-order chi connectivity index (χ0) is 15.1. The summed E-state index contributed by atoms with van der Waals surface area (Å²) in [5.74, 6) is -8.66. The van der Waals surface area contributed by atoms with Gasteiger partial charge in [0, 0.05) is 6.42 Å². The summed E-state index contributed by atoms with van der Waals surface area (Å²) in [5.41, 5.74) is 0. The van der Waals surface area contributed by atoms with Gasteiger partial charge >= 0.3 is 24.7 Å². The number of alkyl halides is 10. The molecule has 0 bridgehead atoms. The lowest BCUT2D eigenvalue weighted by molar-refractivity contribution is -0.165. The van der Waals surface area contributed by atoms with E-state index in [9.17, 15) is 43.9 Å². The van der Waals surface area contributed by atoms with Gasteiger partial charge in [0.2, 0.25) is 0 Å². The first kappa shape index (κ1) is 19.6. The van der Waals surface area contributed by atoms with Crippen LogP contribution in [0.2, 0.25) is 0 Å². The van der Waals surface area contributed by atoms with Crippen molar-refractivity contribution in [3.63, 3.8) is 0 Å². The Hall–Kier alpha value is -0.700. The molecular weight excluding hydrogens is 286 g/mol. The van der Waals surface area contributed by atoms with Crippen LogP contribution in [0.5, 0.6) is 0 Å². The molecule has 0 aliphatic rings. The molecule has 0 rings (SSSR count). The fourth-order valence-electron chi connectivity index (χ4n) is 0.409. The van der Waals surface area contributed by atoms with Crippen LogP contribution in [0, 0.1) is 0 Å². The number of hydrogen-bond donors (Lipinski definition) is 0. The van der Waals surface area contributed by atoms with Crippen molar-refractivity contribution in [1.82, 2.24) is 0 Å². The largest absolute Gasteiger partial charge is 0.337 e. The van der Waals surface area contributed by atoms with E-state index in [0.29, 0.717) is 6.92 Å². The molecule has 0 aromatic carbocycles. The highest BCUT2D eigenvalue weighted by atomic mass is 19.3. The molecule has 1 unspecified atom stereocenters. The topological polar surface area (TPSA) is 0 Å². The zero-order valence-corrected chi connectivity index (χ0v) is 8.93. The minimum atomic E-state index is -4.50. The van der Waals surface area contributed by atoms with Gasteiger partial charge in [-0.2, -0.15) is 8.78 Å². The van der Waals surface area contributed by atoms with Crippen LogP contribution in [0.15, 0.2) is 0 Å². The van der Waals surface area contributed by atoms with E-state index >= 15 is 0 Å². The fraction of sp³-hybridized carbons (Fsp3) is 1.00. The smallest absolute Gasteiger partial charge is 0.251 e. The summed E-state index contributed by atoms with van der Waals surface area (Å²) in [6.45, 7) is -1.02. The fourth-order valence-corrected chi connectivity index (χ4v) is 0.409. The highest BCUT2D eigenvalue weighted by Crippen LogP contribution is 2.28. The summed E-state index contributed by atoms with van der Waals surface area (Å²) in [7, 11) is 0. The summed E-state index contributed by atoms with van der Waals surface area (Å²) in [5, 5.41) is 0. The van der Waals surface area contributed by atoms with Crippen LogP contribution in [0.25, 0.3) is 0 Å². The van der Waals surface area contributed by atoms with Crippen LogP contribution in [-0.2, 0) is 0 Å². The van der Waals surface area contributed by atoms with Gasteiger partial charge in [-0.3, -0.25) is 4.39 Å². The molecule has 0 aromatic rings. The lowest BCUT2D eigenvalue weighted by atomic mass is 10.2. The van der Waals surface area contributed by atoms with Crippen molar-refractivity contribution in [2.24, 2.45) is 0 Å². The van der Waals surface area contributed by atoms with Gasteiger partial charge in [0.25, 0.3) is 0 Å².